The predicted octanol–water partition coefficient (Wildman–Crippen LogP) is 4.87. The van der Waals surface area contributed by atoms with Crippen LogP contribution in [0.5, 0.6) is 0 Å². The molecule has 2 rings (SSSR count). The number of nitrogens with zero attached hydrogens (tertiary/aromatic N) is 1. The summed E-state index contributed by atoms with van der Waals surface area (Å²) in [6.07, 6.45) is 0.136. The van der Waals surface area contributed by atoms with Crippen LogP contribution in [-0.2, 0) is 6.42 Å². The Labute approximate surface area is 114 Å². The van der Waals surface area contributed by atoms with E-state index in [-0.39, 0.29) is 12.2 Å². The molecule has 4 heteroatoms. The molecule has 0 bridgehead atoms. The Morgan fingerprint density at radius 3 is 2.39 bits per heavy atom. The quantitative estimate of drug-likeness (QED) is 0.770. The molecule has 0 atom stereocenters. The van der Waals surface area contributed by atoms with Crippen molar-refractivity contribution >= 4 is 23.2 Å². The molecule has 0 aliphatic heterocycles. The Morgan fingerprint density at radius 1 is 1.11 bits per heavy atom. The van der Waals surface area contributed by atoms with Crippen molar-refractivity contribution in [2.45, 2.75) is 6.42 Å². The van der Waals surface area contributed by atoms with E-state index in [0.717, 1.165) is 0 Å². The van der Waals surface area contributed by atoms with Crippen LogP contribution in [0.3, 0.4) is 0 Å². The van der Waals surface area contributed by atoms with Crippen molar-refractivity contribution in [1.29, 1.82) is 5.26 Å². The lowest BCUT2D eigenvalue weighted by atomic mass is 9.97. The number of hydrogen-bond acceptors (Lipinski definition) is 1. The molecule has 0 aliphatic carbocycles. The van der Waals surface area contributed by atoms with E-state index in [1.807, 2.05) is 6.07 Å². The third-order valence-electron chi connectivity index (χ3n) is 2.52. The average molecular weight is 280 g/mol. The predicted molar refractivity (Wildman–Crippen MR) is 71.2 cm³/mol. The zero-order valence-electron chi connectivity index (χ0n) is 9.25. The second-order valence-electron chi connectivity index (χ2n) is 3.77. The maximum atomic E-state index is 13.9. The molecular formula is C14H8Cl2FN. The molecule has 0 aliphatic rings. The number of nitriles is 1. The Morgan fingerprint density at radius 2 is 1.78 bits per heavy atom. The van der Waals surface area contributed by atoms with Crippen LogP contribution in [0.15, 0.2) is 36.4 Å². The van der Waals surface area contributed by atoms with Gasteiger partial charge in [0.15, 0.2) is 0 Å². The fourth-order valence-corrected chi connectivity index (χ4v) is 2.35. The fraction of sp³-hybridized carbons (Fsp3) is 0.0714. The Hall–Kier alpha value is -1.56. The number of halogens is 3. The summed E-state index contributed by atoms with van der Waals surface area (Å²) in [6.45, 7) is 0. The van der Waals surface area contributed by atoms with Gasteiger partial charge in [-0.25, -0.2) is 4.39 Å². The summed E-state index contributed by atoms with van der Waals surface area (Å²) in [7, 11) is 0. The molecule has 0 saturated heterocycles. The van der Waals surface area contributed by atoms with Gasteiger partial charge in [-0.1, -0.05) is 35.3 Å². The lowest BCUT2D eigenvalue weighted by Crippen LogP contribution is -1.93. The molecule has 0 unspecified atom stereocenters. The Bertz CT molecular complexity index is 612. The molecular weight excluding hydrogens is 272 g/mol. The normalized spacial score (nSPS) is 10.1. The van der Waals surface area contributed by atoms with Gasteiger partial charge in [-0.15, -0.1) is 0 Å². The molecule has 0 fully saturated rings. The fourth-order valence-electron chi connectivity index (χ4n) is 1.82. The van der Waals surface area contributed by atoms with Crippen LogP contribution in [0.2, 0.25) is 10.0 Å². The third-order valence-corrected chi connectivity index (χ3v) is 2.96. The molecule has 1 nitrogen and oxygen atoms in total. The lowest BCUT2D eigenvalue weighted by Gasteiger charge is -2.09. The van der Waals surface area contributed by atoms with E-state index in [1.165, 1.54) is 6.07 Å². The van der Waals surface area contributed by atoms with E-state index in [4.69, 9.17) is 28.5 Å². The number of benzene rings is 2. The first-order chi connectivity index (χ1) is 8.61. The molecule has 2 aromatic carbocycles. The smallest absolute Gasteiger partial charge is 0.131 e. The minimum absolute atomic E-state index is 0.136. The molecule has 0 aromatic heterocycles. The van der Waals surface area contributed by atoms with Crippen LogP contribution in [0.1, 0.15) is 5.56 Å². The first-order valence-electron chi connectivity index (χ1n) is 5.22. The maximum Gasteiger partial charge on any atom is 0.131 e. The summed E-state index contributed by atoms with van der Waals surface area (Å²) in [6, 6.07) is 11.5. The van der Waals surface area contributed by atoms with E-state index in [1.54, 1.807) is 30.3 Å². The summed E-state index contributed by atoms with van der Waals surface area (Å²) in [4.78, 5) is 0. The second-order valence-corrected chi connectivity index (χ2v) is 4.64. The van der Waals surface area contributed by atoms with Gasteiger partial charge in [0.2, 0.25) is 0 Å². The SMILES string of the molecule is N#CCc1cccc(F)c1-c1cc(Cl)cc(Cl)c1. The molecule has 2 aromatic rings. The van der Waals surface area contributed by atoms with Crippen LogP contribution < -0.4 is 0 Å². The highest BCUT2D eigenvalue weighted by atomic mass is 35.5. The highest BCUT2D eigenvalue weighted by molar-refractivity contribution is 6.35. The van der Waals surface area contributed by atoms with Crippen molar-refractivity contribution in [2.75, 3.05) is 0 Å². The van der Waals surface area contributed by atoms with Crippen molar-refractivity contribution in [3.05, 3.63) is 57.8 Å². The topological polar surface area (TPSA) is 23.8 Å². The van der Waals surface area contributed by atoms with Crippen LogP contribution in [0, 0.1) is 17.1 Å². The highest BCUT2D eigenvalue weighted by Crippen LogP contribution is 2.31. The van der Waals surface area contributed by atoms with Crippen molar-refractivity contribution in [1.82, 2.24) is 0 Å². The summed E-state index contributed by atoms with van der Waals surface area (Å²) in [5.41, 5.74) is 1.58. The van der Waals surface area contributed by atoms with E-state index in [9.17, 15) is 4.39 Å². The lowest BCUT2D eigenvalue weighted by molar-refractivity contribution is 0.630. The summed E-state index contributed by atoms with van der Waals surface area (Å²) < 4.78 is 13.9. The molecule has 0 heterocycles. The minimum Gasteiger partial charge on any atom is -0.206 e. The third kappa shape index (κ3) is 2.64. The number of rotatable bonds is 2. The van der Waals surface area contributed by atoms with Gasteiger partial charge < -0.3 is 0 Å². The largest absolute Gasteiger partial charge is 0.206 e. The van der Waals surface area contributed by atoms with E-state index >= 15 is 0 Å². The number of hydrogen-bond donors (Lipinski definition) is 0. The van der Waals surface area contributed by atoms with Gasteiger partial charge in [0.25, 0.3) is 0 Å². The molecule has 0 saturated carbocycles. The second kappa shape index (κ2) is 5.39. The molecule has 0 N–H and O–H groups in total. The maximum absolute atomic E-state index is 13.9. The molecule has 0 amide bonds. The van der Waals surface area contributed by atoms with E-state index in [2.05, 4.69) is 0 Å². The van der Waals surface area contributed by atoms with Gasteiger partial charge >= 0.3 is 0 Å². The summed E-state index contributed by atoms with van der Waals surface area (Å²) in [5, 5.41) is 9.63. The Balaban J connectivity index is 2.66. The van der Waals surface area contributed by atoms with Crippen molar-refractivity contribution in [3.63, 3.8) is 0 Å². The molecule has 18 heavy (non-hydrogen) atoms. The van der Waals surface area contributed by atoms with Gasteiger partial charge in [-0.3, -0.25) is 0 Å². The summed E-state index contributed by atoms with van der Waals surface area (Å²) in [5.74, 6) is -0.388. The standard InChI is InChI=1S/C14H8Cl2FN/c15-11-6-10(7-12(16)8-11)14-9(4-5-18)2-1-3-13(14)17/h1-3,6-8H,4H2. The van der Waals surface area contributed by atoms with Crippen molar-refractivity contribution in [2.24, 2.45) is 0 Å². The van der Waals surface area contributed by atoms with Crippen LogP contribution in [0.25, 0.3) is 11.1 Å². The van der Waals surface area contributed by atoms with Crippen molar-refractivity contribution < 1.29 is 4.39 Å². The monoisotopic (exact) mass is 279 g/mol. The summed E-state index contributed by atoms with van der Waals surface area (Å²) >= 11 is 11.8. The molecule has 90 valence electrons. The van der Waals surface area contributed by atoms with Crippen molar-refractivity contribution in [3.8, 4) is 17.2 Å². The zero-order valence-corrected chi connectivity index (χ0v) is 10.8. The van der Waals surface area contributed by atoms with Crippen LogP contribution in [-0.4, -0.2) is 0 Å². The van der Waals surface area contributed by atoms with Gasteiger partial charge in [-0.05, 0) is 35.4 Å². The van der Waals surface area contributed by atoms with Gasteiger partial charge in [0, 0.05) is 15.6 Å². The Kier molecular flexibility index (Phi) is 3.86. The molecule has 0 spiro atoms. The minimum atomic E-state index is -0.388. The van der Waals surface area contributed by atoms with E-state index in [0.29, 0.717) is 26.7 Å². The van der Waals surface area contributed by atoms with Gasteiger partial charge in [0.05, 0.1) is 12.5 Å². The zero-order chi connectivity index (χ0) is 13.1. The van der Waals surface area contributed by atoms with Crippen LogP contribution >= 0.6 is 23.2 Å². The average Bonchev–Trinajstić information content (AvgIpc) is 2.28. The van der Waals surface area contributed by atoms with Gasteiger partial charge in [-0.2, -0.15) is 5.26 Å². The van der Waals surface area contributed by atoms with Crippen LogP contribution in [0.4, 0.5) is 4.39 Å². The van der Waals surface area contributed by atoms with Gasteiger partial charge in [0.1, 0.15) is 5.82 Å². The molecule has 0 radical (unpaired) electrons. The first kappa shape index (κ1) is 12.9. The highest BCUT2D eigenvalue weighted by Gasteiger charge is 2.11. The first-order valence-corrected chi connectivity index (χ1v) is 5.98. The van der Waals surface area contributed by atoms with E-state index < -0.39 is 0 Å².